The van der Waals surface area contributed by atoms with E-state index in [2.05, 4.69) is 43.6 Å². The highest BCUT2D eigenvalue weighted by molar-refractivity contribution is 5.95. The van der Waals surface area contributed by atoms with Gasteiger partial charge in [0.2, 0.25) is 5.91 Å². The average molecular weight is 436 g/mol. The van der Waals surface area contributed by atoms with E-state index in [9.17, 15) is 4.79 Å². The van der Waals surface area contributed by atoms with Crippen molar-refractivity contribution in [3.63, 3.8) is 0 Å². The Labute approximate surface area is 188 Å². The van der Waals surface area contributed by atoms with Crippen LogP contribution in [0.3, 0.4) is 0 Å². The molecule has 1 amide bonds. The summed E-state index contributed by atoms with van der Waals surface area (Å²) in [5.74, 6) is 0.254. The number of pyridine rings is 1. The summed E-state index contributed by atoms with van der Waals surface area (Å²) in [4.78, 5) is 15.7. The van der Waals surface area contributed by atoms with Crippen molar-refractivity contribution in [2.75, 3.05) is 0 Å². The minimum Gasteiger partial charge on any atom is -0.366 e. The number of primary amides is 1. The molecule has 162 valence electrons. The molecule has 8 heteroatoms. The van der Waals surface area contributed by atoms with E-state index in [-0.39, 0.29) is 6.17 Å². The fraction of sp³-hybridized carbons (Fsp3) is 0.120. The van der Waals surface area contributed by atoms with Crippen LogP contribution in [0.15, 0.2) is 70.7 Å². The summed E-state index contributed by atoms with van der Waals surface area (Å²) in [5, 5.41) is 10.0. The van der Waals surface area contributed by atoms with E-state index in [0.717, 1.165) is 50.8 Å². The van der Waals surface area contributed by atoms with Crippen LogP contribution in [0.5, 0.6) is 0 Å². The maximum absolute atomic E-state index is 11.6. The second kappa shape index (κ2) is 7.30. The van der Waals surface area contributed by atoms with Gasteiger partial charge in [-0.15, -0.1) is 0 Å². The van der Waals surface area contributed by atoms with Crippen LogP contribution in [0, 0.1) is 6.92 Å². The van der Waals surface area contributed by atoms with Gasteiger partial charge in [-0.1, -0.05) is 41.6 Å². The van der Waals surface area contributed by atoms with Crippen molar-refractivity contribution in [2.45, 2.75) is 19.5 Å². The number of nitrogens with zero attached hydrogens (tertiary/aromatic N) is 4. The fourth-order valence-corrected chi connectivity index (χ4v) is 4.48. The van der Waals surface area contributed by atoms with E-state index < -0.39 is 5.91 Å². The number of allylic oxidation sites excluding steroid dienone is 2. The molecule has 4 heterocycles. The number of aryl methyl sites for hydroxylation is 1. The van der Waals surface area contributed by atoms with Gasteiger partial charge in [0.1, 0.15) is 11.5 Å². The number of fused-ring (bicyclic) bond motifs is 3. The largest absolute Gasteiger partial charge is 0.366 e. The lowest BCUT2D eigenvalue weighted by Crippen LogP contribution is -2.30. The van der Waals surface area contributed by atoms with Crippen LogP contribution in [0.1, 0.15) is 39.0 Å². The number of aromatic nitrogens is 3. The summed E-state index contributed by atoms with van der Waals surface area (Å²) in [7, 11) is 0. The van der Waals surface area contributed by atoms with Crippen LogP contribution in [0.4, 0.5) is 0 Å². The van der Waals surface area contributed by atoms with Gasteiger partial charge in [-0.25, -0.2) is 0 Å². The molecule has 33 heavy (non-hydrogen) atoms. The zero-order chi connectivity index (χ0) is 22.5. The Bertz CT molecular complexity index is 1560. The first-order valence-corrected chi connectivity index (χ1v) is 10.6. The number of rotatable bonds is 4. The van der Waals surface area contributed by atoms with Crippen molar-refractivity contribution in [3.05, 3.63) is 99.8 Å². The molecule has 1 aromatic carbocycles. The lowest BCUT2D eigenvalue weighted by molar-refractivity contribution is 0.1000. The van der Waals surface area contributed by atoms with Crippen LogP contribution in [-0.4, -0.2) is 20.6 Å². The molecule has 0 fully saturated rings. The third kappa shape index (κ3) is 3.07. The van der Waals surface area contributed by atoms with Gasteiger partial charge >= 0.3 is 0 Å². The molecule has 0 saturated heterocycles. The predicted molar refractivity (Wildman–Crippen MR) is 122 cm³/mol. The Balaban J connectivity index is 1.43. The summed E-state index contributed by atoms with van der Waals surface area (Å²) in [5.41, 5.74) is 15.7. The number of hydrogen-bond acceptors (Lipinski definition) is 6. The maximum atomic E-state index is 11.6. The summed E-state index contributed by atoms with van der Waals surface area (Å²) < 4.78 is 7.70. The zero-order valence-corrected chi connectivity index (χ0v) is 17.8. The smallest absolute Gasteiger partial charge is 0.250 e. The molecule has 0 saturated carbocycles. The van der Waals surface area contributed by atoms with Crippen molar-refractivity contribution >= 4 is 17.6 Å². The lowest BCUT2D eigenvalue weighted by atomic mass is 9.97. The molecule has 0 radical (unpaired) electrons. The Kier molecular flexibility index (Phi) is 4.26. The highest BCUT2D eigenvalue weighted by Gasteiger charge is 2.29. The monoisotopic (exact) mass is 436 g/mol. The number of carbonyl (C=O) groups excluding carboxylic acids is 1. The molecular formula is C25H20N6O2. The van der Waals surface area contributed by atoms with E-state index in [0.29, 0.717) is 5.56 Å². The van der Waals surface area contributed by atoms with E-state index in [1.54, 1.807) is 12.3 Å². The minimum absolute atomic E-state index is 0.219. The van der Waals surface area contributed by atoms with Gasteiger partial charge in [-0.2, -0.15) is 5.10 Å². The predicted octanol–water partition coefficient (Wildman–Crippen LogP) is 2.05. The third-order valence-electron chi connectivity index (χ3n) is 6.12. The maximum Gasteiger partial charge on any atom is 0.250 e. The lowest BCUT2D eigenvalue weighted by Gasteiger charge is -2.14. The first-order valence-electron chi connectivity index (χ1n) is 10.6. The Morgan fingerprint density at radius 2 is 2.06 bits per heavy atom. The number of carbonyl (C=O) groups is 1. The quantitative estimate of drug-likeness (QED) is 0.509. The van der Waals surface area contributed by atoms with Crippen molar-refractivity contribution in [1.29, 1.82) is 0 Å². The highest BCUT2D eigenvalue weighted by Crippen LogP contribution is 2.32. The van der Waals surface area contributed by atoms with Gasteiger partial charge in [-0.3, -0.25) is 15.2 Å². The molecule has 1 atom stereocenters. The second-order valence-electron chi connectivity index (χ2n) is 8.14. The molecule has 0 spiro atoms. The molecule has 1 unspecified atom stereocenters. The molecule has 1 aliphatic carbocycles. The topological polar surface area (TPSA) is 111 Å². The molecular weight excluding hydrogens is 416 g/mol. The van der Waals surface area contributed by atoms with Gasteiger partial charge in [0.25, 0.3) is 0 Å². The van der Waals surface area contributed by atoms with Crippen molar-refractivity contribution in [2.24, 2.45) is 10.8 Å². The van der Waals surface area contributed by atoms with Gasteiger partial charge in [-0.05, 0) is 36.6 Å². The third-order valence-corrected chi connectivity index (χ3v) is 6.12. The summed E-state index contributed by atoms with van der Waals surface area (Å²) in [6, 6.07) is 11.8. The Hall–Kier alpha value is -4.46. The number of hydrogen-bond donors (Lipinski definition) is 2. The molecule has 3 N–H and O–H groups in total. The Morgan fingerprint density at radius 1 is 1.21 bits per heavy atom. The molecule has 3 aromatic heterocycles. The van der Waals surface area contributed by atoms with Gasteiger partial charge < -0.3 is 14.8 Å². The van der Waals surface area contributed by atoms with E-state index in [1.165, 1.54) is 11.8 Å². The standard InChI is InChI=1S/C25H20N6O2/c1-14-21(22(30-33-14)15-5-3-2-4-6-15)25-29-28-24-20-10-16(7-8-17(20)13-31(24)25)18-9-19(23(26)32)12-27-11-18/h2-7,9-13,25,29H,8H2,1H3,(H2,26,32). The number of nitrogens with one attached hydrogen (secondary N) is 1. The average Bonchev–Trinajstić information content (AvgIpc) is 3.52. The van der Waals surface area contributed by atoms with Crippen molar-refractivity contribution in [1.82, 2.24) is 20.1 Å². The Morgan fingerprint density at radius 3 is 2.88 bits per heavy atom. The van der Waals surface area contributed by atoms with E-state index in [4.69, 9.17) is 10.3 Å². The fourth-order valence-electron chi connectivity index (χ4n) is 4.48. The van der Waals surface area contributed by atoms with Gasteiger partial charge in [0.05, 0.1) is 11.1 Å². The summed E-state index contributed by atoms with van der Waals surface area (Å²) in [6.45, 7) is 1.92. The molecule has 8 nitrogen and oxygen atoms in total. The normalized spacial score (nSPS) is 16.2. The number of amides is 1. The van der Waals surface area contributed by atoms with Crippen molar-refractivity contribution < 1.29 is 9.32 Å². The number of benzene rings is 1. The van der Waals surface area contributed by atoms with Crippen LogP contribution in [0.2, 0.25) is 0 Å². The minimum atomic E-state index is -0.494. The first kappa shape index (κ1) is 19.2. The molecule has 0 bridgehead atoms. The molecule has 2 aliphatic rings. The summed E-state index contributed by atoms with van der Waals surface area (Å²) in [6.07, 6.45) is 10.1. The van der Waals surface area contributed by atoms with Crippen molar-refractivity contribution in [3.8, 4) is 11.3 Å². The molecule has 1 aliphatic heterocycles. The molecule has 6 rings (SSSR count). The zero-order valence-electron chi connectivity index (χ0n) is 17.8. The first-order chi connectivity index (χ1) is 16.1. The van der Waals surface area contributed by atoms with Crippen LogP contribution in [-0.2, 0) is 6.42 Å². The van der Waals surface area contributed by atoms with Gasteiger partial charge in [0, 0.05) is 34.9 Å². The second-order valence-corrected chi connectivity index (χ2v) is 8.14. The van der Waals surface area contributed by atoms with Crippen LogP contribution < -0.4 is 21.9 Å². The van der Waals surface area contributed by atoms with Crippen LogP contribution in [0.25, 0.3) is 22.9 Å². The summed E-state index contributed by atoms with van der Waals surface area (Å²) >= 11 is 0. The van der Waals surface area contributed by atoms with E-state index in [1.807, 2.05) is 37.3 Å². The van der Waals surface area contributed by atoms with Crippen LogP contribution >= 0.6 is 0 Å². The van der Waals surface area contributed by atoms with Gasteiger partial charge in [0.15, 0.2) is 11.7 Å². The van der Waals surface area contributed by atoms with E-state index >= 15 is 0 Å². The number of nitrogens with two attached hydrogens (primary N) is 1. The highest BCUT2D eigenvalue weighted by atomic mass is 16.5. The SMILES string of the molecule is Cc1onc(-c2ccccc2)c1C1NN=c2c3c(cn21)CC=C(c1cncc(C(N)=O)c1)C=3. The molecule has 4 aromatic rings.